The van der Waals surface area contributed by atoms with Gasteiger partial charge in [-0.25, -0.2) is 0 Å². The topological polar surface area (TPSA) is 43.4 Å². The van der Waals surface area contributed by atoms with E-state index >= 15 is 0 Å². The molecular formula is C12H14BrClO3. The fourth-order valence-corrected chi connectivity index (χ4v) is 1.93. The monoisotopic (exact) mass is 320 g/mol. The second-order valence-electron chi connectivity index (χ2n) is 3.03. The van der Waals surface area contributed by atoms with Gasteiger partial charge < -0.3 is 4.74 Å². The van der Waals surface area contributed by atoms with E-state index in [0.717, 1.165) is 4.47 Å². The zero-order chi connectivity index (χ0) is 12.1. The fourth-order valence-electron chi connectivity index (χ4n) is 1.15. The van der Waals surface area contributed by atoms with Crippen LogP contribution in [0.3, 0.4) is 0 Å². The first-order chi connectivity index (χ1) is 7.54. The van der Waals surface area contributed by atoms with Crippen molar-refractivity contribution in [3.05, 3.63) is 33.3 Å². The maximum absolute atomic E-state index is 11.7. The molecule has 0 bridgehead atoms. The number of carbonyl (C=O) groups excluding carboxylic acids is 2. The molecule has 0 atom stereocenters. The van der Waals surface area contributed by atoms with Crippen molar-refractivity contribution < 1.29 is 14.3 Å². The molecule has 0 fully saturated rings. The largest absolute Gasteiger partial charge is 0.466 e. The minimum Gasteiger partial charge on any atom is -0.466 e. The van der Waals surface area contributed by atoms with Crippen molar-refractivity contribution in [1.29, 1.82) is 0 Å². The van der Waals surface area contributed by atoms with Crippen LogP contribution in [0.5, 0.6) is 0 Å². The number of carbonyl (C=O) groups is 2. The van der Waals surface area contributed by atoms with Gasteiger partial charge in [0.25, 0.3) is 0 Å². The molecule has 0 spiro atoms. The van der Waals surface area contributed by atoms with Crippen molar-refractivity contribution in [2.75, 3.05) is 6.61 Å². The third-order valence-electron chi connectivity index (χ3n) is 1.84. The lowest BCUT2D eigenvalue weighted by Crippen LogP contribution is -2.11. The van der Waals surface area contributed by atoms with Crippen LogP contribution in [-0.2, 0) is 9.53 Å². The van der Waals surface area contributed by atoms with Crippen molar-refractivity contribution in [2.24, 2.45) is 0 Å². The van der Waals surface area contributed by atoms with Crippen LogP contribution in [-0.4, -0.2) is 18.4 Å². The number of halogens is 2. The molecule has 0 heterocycles. The van der Waals surface area contributed by atoms with Gasteiger partial charge in [-0.1, -0.05) is 35.0 Å². The molecule has 17 heavy (non-hydrogen) atoms. The molecule has 3 nitrogen and oxygen atoms in total. The summed E-state index contributed by atoms with van der Waals surface area (Å²) in [5.74, 6) is -0.873. The van der Waals surface area contributed by atoms with Crippen molar-refractivity contribution in [3.8, 4) is 0 Å². The molecule has 1 aromatic carbocycles. The standard InChI is InChI=1S/C11H10BrClO3.CH4/c1-2-16-11(15)6-10(14)8-4-3-7(12)5-9(8)13;/h3-5H,2,6H2,1H3;1H4. The van der Waals surface area contributed by atoms with Crippen LogP contribution in [0, 0.1) is 0 Å². The first-order valence-electron chi connectivity index (χ1n) is 4.68. The Bertz CT molecular complexity index is 418. The molecule has 0 aromatic heterocycles. The second-order valence-corrected chi connectivity index (χ2v) is 4.35. The van der Waals surface area contributed by atoms with Crippen molar-refractivity contribution in [3.63, 3.8) is 0 Å². The van der Waals surface area contributed by atoms with Gasteiger partial charge in [0, 0.05) is 10.0 Å². The minimum absolute atomic E-state index is 0. The van der Waals surface area contributed by atoms with Crippen LogP contribution < -0.4 is 0 Å². The molecule has 94 valence electrons. The maximum Gasteiger partial charge on any atom is 0.313 e. The van der Waals surface area contributed by atoms with Crippen molar-refractivity contribution in [1.82, 2.24) is 0 Å². The van der Waals surface area contributed by atoms with Gasteiger partial charge in [-0.2, -0.15) is 0 Å². The van der Waals surface area contributed by atoms with Gasteiger partial charge in [0.2, 0.25) is 0 Å². The van der Waals surface area contributed by atoms with Gasteiger partial charge in [-0.15, -0.1) is 0 Å². The predicted octanol–water partition coefficient (Wildman–Crippen LogP) is 3.87. The van der Waals surface area contributed by atoms with Crippen LogP contribution in [0.2, 0.25) is 5.02 Å². The zero-order valence-electron chi connectivity index (χ0n) is 8.63. The Morgan fingerprint density at radius 1 is 1.41 bits per heavy atom. The molecule has 0 N–H and O–H groups in total. The molecule has 5 heteroatoms. The molecule has 1 aromatic rings. The molecular weight excluding hydrogens is 307 g/mol. The van der Waals surface area contributed by atoms with E-state index in [9.17, 15) is 9.59 Å². The quantitative estimate of drug-likeness (QED) is 0.480. The average molecular weight is 322 g/mol. The Morgan fingerprint density at radius 2 is 2.06 bits per heavy atom. The highest BCUT2D eigenvalue weighted by atomic mass is 79.9. The molecule has 0 aliphatic heterocycles. The highest BCUT2D eigenvalue weighted by Crippen LogP contribution is 2.22. The lowest BCUT2D eigenvalue weighted by atomic mass is 10.1. The van der Waals surface area contributed by atoms with Crippen molar-refractivity contribution >= 4 is 39.3 Å². The number of ether oxygens (including phenoxy) is 1. The smallest absolute Gasteiger partial charge is 0.313 e. The highest BCUT2D eigenvalue weighted by Gasteiger charge is 2.15. The SMILES string of the molecule is C.CCOC(=O)CC(=O)c1ccc(Br)cc1Cl. The van der Waals surface area contributed by atoms with E-state index in [2.05, 4.69) is 20.7 Å². The third kappa shape index (κ3) is 4.88. The van der Waals surface area contributed by atoms with E-state index < -0.39 is 5.97 Å². The number of benzene rings is 1. The molecule has 0 saturated carbocycles. The van der Waals surface area contributed by atoms with Gasteiger partial charge in [0.15, 0.2) is 5.78 Å². The average Bonchev–Trinajstić information content (AvgIpc) is 2.17. The summed E-state index contributed by atoms with van der Waals surface area (Å²) in [4.78, 5) is 22.8. The number of rotatable bonds is 4. The Morgan fingerprint density at radius 3 is 2.59 bits per heavy atom. The highest BCUT2D eigenvalue weighted by molar-refractivity contribution is 9.10. The molecule has 0 aliphatic rings. The first kappa shape index (κ1) is 16.1. The molecule has 0 radical (unpaired) electrons. The van der Waals surface area contributed by atoms with Gasteiger partial charge in [-0.3, -0.25) is 9.59 Å². The van der Waals surface area contributed by atoms with Gasteiger partial charge in [-0.05, 0) is 25.1 Å². The second kappa shape index (κ2) is 7.45. The van der Waals surface area contributed by atoms with E-state index in [0.29, 0.717) is 10.6 Å². The van der Waals surface area contributed by atoms with E-state index in [-0.39, 0.29) is 26.2 Å². The van der Waals surface area contributed by atoms with E-state index in [1.807, 2.05) is 0 Å². The molecule has 0 saturated heterocycles. The first-order valence-corrected chi connectivity index (χ1v) is 5.85. The van der Waals surface area contributed by atoms with Crippen LogP contribution >= 0.6 is 27.5 Å². The summed E-state index contributed by atoms with van der Waals surface area (Å²) in [5, 5.41) is 0.323. The van der Waals surface area contributed by atoms with Crippen LogP contribution in [0.1, 0.15) is 31.1 Å². The number of ketones is 1. The van der Waals surface area contributed by atoms with E-state index in [1.165, 1.54) is 0 Å². The summed E-state index contributed by atoms with van der Waals surface area (Å²) >= 11 is 9.12. The minimum atomic E-state index is -0.536. The Hall–Kier alpha value is -0.870. The predicted molar refractivity (Wildman–Crippen MR) is 71.5 cm³/mol. The Kier molecular flexibility index (Phi) is 7.07. The summed E-state index contributed by atoms with van der Waals surface area (Å²) in [6.07, 6.45) is -0.283. The molecule has 0 amide bonds. The number of hydrogen-bond acceptors (Lipinski definition) is 3. The Labute approximate surface area is 114 Å². The molecule has 0 unspecified atom stereocenters. The summed E-state index contributed by atoms with van der Waals surface area (Å²) in [6.45, 7) is 1.95. The van der Waals surface area contributed by atoms with E-state index in [4.69, 9.17) is 11.6 Å². The van der Waals surface area contributed by atoms with Gasteiger partial charge >= 0.3 is 5.97 Å². The van der Waals surface area contributed by atoms with E-state index in [1.54, 1.807) is 25.1 Å². The number of esters is 1. The molecule has 0 aliphatic carbocycles. The van der Waals surface area contributed by atoms with Crippen LogP contribution in [0.15, 0.2) is 22.7 Å². The van der Waals surface area contributed by atoms with Gasteiger partial charge in [0.1, 0.15) is 6.42 Å². The number of hydrogen-bond donors (Lipinski definition) is 0. The maximum atomic E-state index is 11.7. The summed E-state index contributed by atoms with van der Waals surface area (Å²) in [5.41, 5.74) is 0.331. The fraction of sp³-hybridized carbons (Fsp3) is 0.333. The van der Waals surface area contributed by atoms with Crippen molar-refractivity contribution in [2.45, 2.75) is 20.8 Å². The normalized spacial score (nSPS) is 9.35. The van der Waals surface area contributed by atoms with Crippen LogP contribution in [0.4, 0.5) is 0 Å². The summed E-state index contributed by atoms with van der Waals surface area (Å²) < 4.78 is 5.47. The summed E-state index contributed by atoms with van der Waals surface area (Å²) in [7, 11) is 0. The third-order valence-corrected chi connectivity index (χ3v) is 2.65. The molecule has 1 rings (SSSR count). The summed E-state index contributed by atoms with van der Waals surface area (Å²) in [6, 6.07) is 4.89. The van der Waals surface area contributed by atoms with Crippen LogP contribution in [0.25, 0.3) is 0 Å². The zero-order valence-corrected chi connectivity index (χ0v) is 11.0. The Balaban J connectivity index is 0.00000256. The lowest BCUT2D eigenvalue weighted by molar-refractivity contribution is -0.141. The lowest BCUT2D eigenvalue weighted by Gasteiger charge is -2.04. The van der Waals surface area contributed by atoms with Gasteiger partial charge in [0.05, 0.1) is 11.6 Å². The number of Topliss-reactive ketones (excluding diaryl/α,β-unsaturated/α-hetero) is 1.